The Morgan fingerprint density at radius 3 is 2.43 bits per heavy atom. The number of benzene rings is 2. The van der Waals surface area contributed by atoms with Crippen LogP contribution in [0, 0.1) is 0 Å². The van der Waals surface area contributed by atoms with Crippen molar-refractivity contribution in [2.24, 2.45) is 0 Å². The molecule has 0 saturated heterocycles. The third-order valence-corrected chi connectivity index (χ3v) is 3.71. The van der Waals surface area contributed by atoms with Crippen molar-refractivity contribution in [3.63, 3.8) is 0 Å². The van der Waals surface area contributed by atoms with E-state index in [2.05, 4.69) is 0 Å². The van der Waals surface area contributed by atoms with Crippen molar-refractivity contribution in [3.8, 4) is 0 Å². The first kappa shape index (κ1) is 13.6. The van der Waals surface area contributed by atoms with Crippen LogP contribution in [0.25, 0.3) is 10.9 Å². The van der Waals surface area contributed by atoms with E-state index < -0.39 is 6.10 Å². The van der Waals surface area contributed by atoms with E-state index in [1.54, 1.807) is 10.6 Å². The van der Waals surface area contributed by atoms with E-state index in [9.17, 15) is 9.90 Å². The van der Waals surface area contributed by atoms with E-state index in [0.717, 1.165) is 16.5 Å². The van der Waals surface area contributed by atoms with Crippen LogP contribution in [-0.2, 0) is 6.54 Å². The molecule has 0 radical (unpaired) electrons. The second-order valence-corrected chi connectivity index (χ2v) is 5.10. The summed E-state index contributed by atoms with van der Waals surface area (Å²) >= 11 is 0. The number of aliphatic hydroxyl groups excluding tert-OH is 1. The van der Waals surface area contributed by atoms with Crippen molar-refractivity contribution >= 4 is 10.9 Å². The van der Waals surface area contributed by atoms with Gasteiger partial charge in [0.25, 0.3) is 5.56 Å². The molecule has 1 atom stereocenters. The first-order chi connectivity index (χ1) is 10.3. The van der Waals surface area contributed by atoms with Gasteiger partial charge >= 0.3 is 0 Å². The molecule has 3 heteroatoms. The number of aryl methyl sites for hydroxylation is 1. The van der Waals surface area contributed by atoms with Gasteiger partial charge in [0.05, 0.1) is 11.6 Å². The molecule has 3 rings (SSSR count). The average Bonchev–Trinajstić information content (AvgIpc) is 2.54. The molecule has 0 bridgehead atoms. The molecule has 0 aliphatic rings. The molecule has 1 N–H and O–H groups in total. The molecule has 0 saturated carbocycles. The van der Waals surface area contributed by atoms with Crippen molar-refractivity contribution in [2.75, 3.05) is 0 Å². The monoisotopic (exact) mass is 279 g/mol. The quantitative estimate of drug-likeness (QED) is 0.797. The molecule has 0 fully saturated rings. The van der Waals surface area contributed by atoms with Crippen LogP contribution in [0.15, 0.2) is 71.5 Å². The third-order valence-electron chi connectivity index (χ3n) is 3.71. The molecular formula is C18H17NO2. The lowest BCUT2D eigenvalue weighted by Crippen LogP contribution is -2.20. The summed E-state index contributed by atoms with van der Waals surface area (Å²) < 4.78 is 1.72. The molecule has 0 aliphatic heterocycles. The topological polar surface area (TPSA) is 42.2 Å². The van der Waals surface area contributed by atoms with E-state index >= 15 is 0 Å². The molecular weight excluding hydrogens is 262 g/mol. The van der Waals surface area contributed by atoms with Gasteiger partial charge in [0.2, 0.25) is 0 Å². The highest BCUT2D eigenvalue weighted by Crippen LogP contribution is 2.18. The van der Waals surface area contributed by atoms with Crippen LogP contribution in [0.4, 0.5) is 0 Å². The summed E-state index contributed by atoms with van der Waals surface area (Å²) in [4.78, 5) is 12.1. The molecule has 3 aromatic rings. The molecule has 2 aromatic carbocycles. The average molecular weight is 279 g/mol. The van der Waals surface area contributed by atoms with Crippen LogP contribution in [0.3, 0.4) is 0 Å². The molecule has 0 aliphatic carbocycles. The summed E-state index contributed by atoms with van der Waals surface area (Å²) in [5.74, 6) is 0. The van der Waals surface area contributed by atoms with E-state index in [0.29, 0.717) is 13.0 Å². The number of hydrogen-bond acceptors (Lipinski definition) is 2. The fourth-order valence-electron chi connectivity index (χ4n) is 2.57. The highest BCUT2D eigenvalue weighted by atomic mass is 16.3. The largest absolute Gasteiger partial charge is 0.388 e. The molecule has 0 spiro atoms. The minimum Gasteiger partial charge on any atom is -0.388 e. The van der Waals surface area contributed by atoms with Gasteiger partial charge in [0, 0.05) is 12.6 Å². The summed E-state index contributed by atoms with van der Waals surface area (Å²) in [6, 6.07) is 20.7. The third kappa shape index (κ3) is 2.88. The number of aromatic nitrogens is 1. The van der Waals surface area contributed by atoms with Gasteiger partial charge in [-0.15, -0.1) is 0 Å². The fourth-order valence-corrected chi connectivity index (χ4v) is 2.57. The lowest BCUT2D eigenvalue weighted by atomic mass is 10.1. The molecule has 0 amide bonds. The van der Waals surface area contributed by atoms with Gasteiger partial charge in [-0.05, 0) is 29.5 Å². The molecule has 1 aromatic heterocycles. The number of fused-ring (bicyclic) bond motifs is 1. The zero-order valence-corrected chi connectivity index (χ0v) is 11.6. The van der Waals surface area contributed by atoms with Crippen molar-refractivity contribution in [2.45, 2.75) is 19.1 Å². The van der Waals surface area contributed by atoms with Crippen LogP contribution in [0.5, 0.6) is 0 Å². The Morgan fingerprint density at radius 2 is 1.62 bits per heavy atom. The Bertz CT molecular complexity index is 793. The van der Waals surface area contributed by atoms with Crippen molar-refractivity contribution in [1.29, 1.82) is 0 Å². The first-order valence-corrected chi connectivity index (χ1v) is 7.07. The van der Waals surface area contributed by atoms with Gasteiger partial charge < -0.3 is 9.67 Å². The SMILES string of the molecule is O=c1ccc2ccccc2n1CCC(O)c1ccccc1. The summed E-state index contributed by atoms with van der Waals surface area (Å²) in [5, 5.41) is 11.3. The number of pyridine rings is 1. The second kappa shape index (κ2) is 5.94. The van der Waals surface area contributed by atoms with E-state index in [1.807, 2.05) is 60.7 Å². The normalized spacial score (nSPS) is 12.4. The van der Waals surface area contributed by atoms with Crippen LogP contribution in [-0.4, -0.2) is 9.67 Å². The summed E-state index contributed by atoms with van der Waals surface area (Å²) in [5.41, 5.74) is 1.75. The minimum atomic E-state index is -0.558. The Kier molecular flexibility index (Phi) is 3.84. The van der Waals surface area contributed by atoms with E-state index in [4.69, 9.17) is 0 Å². The predicted molar refractivity (Wildman–Crippen MR) is 84.2 cm³/mol. The smallest absolute Gasteiger partial charge is 0.251 e. The minimum absolute atomic E-state index is 0.0334. The number of hydrogen-bond donors (Lipinski definition) is 1. The van der Waals surface area contributed by atoms with Gasteiger partial charge in [-0.25, -0.2) is 0 Å². The Hall–Kier alpha value is -2.39. The number of nitrogens with zero attached hydrogens (tertiary/aromatic N) is 1. The maximum atomic E-state index is 12.1. The zero-order valence-electron chi connectivity index (χ0n) is 11.6. The van der Waals surface area contributed by atoms with Crippen LogP contribution in [0.1, 0.15) is 18.1 Å². The lowest BCUT2D eigenvalue weighted by Gasteiger charge is -2.14. The molecule has 106 valence electrons. The molecule has 3 nitrogen and oxygen atoms in total. The Labute approximate surface area is 123 Å². The highest BCUT2D eigenvalue weighted by Gasteiger charge is 2.09. The predicted octanol–water partition coefficient (Wildman–Crippen LogP) is 3.13. The van der Waals surface area contributed by atoms with Gasteiger partial charge in [-0.3, -0.25) is 4.79 Å². The summed E-state index contributed by atoms with van der Waals surface area (Å²) in [6.07, 6.45) is -0.0464. The van der Waals surface area contributed by atoms with Gasteiger partial charge in [0.1, 0.15) is 0 Å². The van der Waals surface area contributed by atoms with Crippen LogP contribution < -0.4 is 5.56 Å². The molecule has 1 unspecified atom stereocenters. The zero-order chi connectivity index (χ0) is 14.7. The lowest BCUT2D eigenvalue weighted by molar-refractivity contribution is 0.161. The van der Waals surface area contributed by atoms with Gasteiger partial charge in [-0.1, -0.05) is 48.5 Å². The Morgan fingerprint density at radius 1 is 0.905 bits per heavy atom. The first-order valence-electron chi connectivity index (χ1n) is 7.07. The summed E-state index contributed by atoms with van der Waals surface area (Å²) in [7, 11) is 0. The fraction of sp³-hybridized carbons (Fsp3) is 0.167. The molecule has 1 heterocycles. The van der Waals surface area contributed by atoms with Crippen molar-refractivity contribution < 1.29 is 5.11 Å². The standard InChI is InChI=1S/C18H17NO2/c20-17(15-7-2-1-3-8-15)12-13-19-16-9-5-4-6-14(16)10-11-18(19)21/h1-11,17,20H,12-13H2. The van der Waals surface area contributed by atoms with Crippen molar-refractivity contribution in [3.05, 3.63) is 82.6 Å². The molecule has 21 heavy (non-hydrogen) atoms. The summed E-state index contributed by atoms with van der Waals surface area (Å²) in [6.45, 7) is 0.496. The van der Waals surface area contributed by atoms with E-state index in [-0.39, 0.29) is 5.56 Å². The number of para-hydroxylation sites is 1. The number of aliphatic hydroxyl groups is 1. The Balaban J connectivity index is 1.86. The second-order valence-electron chi connectivity index (χ2n) is 5.10. The van der Waals surface area contributed by atoms with Crippen molar-refractivity contribution in [1.82, 2.24) is 4.57 Å². The van der Waals surface area contributed by atoms with E-state index in [1.165, 1.54) is 0 Å². The maximum Gasteiger partial charge on any atom is 0.251 e. The van der Waals surface area contributed by atoms with Crippen LogP contribution >= 0.6 is 0 Å². The van der Waals surface area contributed by atoms with Gasteiger partial charge in [-0.2, -0.15) is 0 Å². The van der Waals surface area contributed by atoms with Gasteiger partial charge in [0.15, 0.2) is 0 Å². The maximum absolute atomic E-state index is 12.1. The van der Waals surface area contributed by atoms with Crippen LogP contribution in [0.2, 0.25) is 0 Å². The highest BCUT2D eigenvalue weighted by molar-refractivity contribution is 5.78. The number of rotatable bonds is 4.